The van der Waals surface area contributed by atoms with Gasteiger partial charge >= 0.3 is 7.82 Å². The van der Waals surface area contributed by atoms with Crippen molar-refractivity contribution in [1.82, 2.24) is 5.32 Å². The molecule has 3 N–H and O–H groups in total. The predicted octanol–water partition coefficient (Wildman–Crippen LogP) is 15.4. The van der Waals surface area contributed by atoms with Gasteiger partial charge in [-0.05, 0) is 116 Å². The van der Waals surface area contributed by atoms with Crippen molar-refractivity contribution in [3.05, 3.63) is 146 Å². The van der Waals surface area contributed by atoms with Crippen LogP contribution in [0.5, 0.6) is 0 Å². The number of allylic oxidation sites excluding steroid dienone is 23. The lowest BCUT2D eigenvalue weighted by Gasteiger charge is -2.25. The first kappa shape index (κ1) is 63.4. The molecule has 3 atom stereocenters. The van der Waals surface area contributed by atoms with E-state index in [-0.39, 0.29) is 19.1 Å². The Kier molecular flexibility index (Phi) is 44.9. The Labute approximate surface area is 410 Å². The minimum absolute atomic E-state index is 0.0376. The van der Waals surface area contributed by atoms with Crippen molar-refractivity contribution < 1.29 is 32.9 Å². The van der Waals surface area contributed by atoms with Crippen LogP contribution in [0, 0.1) is 0 Å². The fourth-order valence-electron chi connectivity index (χ4n) is 6.24. The summed E-state index contributed by atoms with van der Waals surface area (Å²) >= 11 is 0. The van der Waals surface area contributed by atoms with Crippen LogP contribution in [0.4, 0.5) is 0 Å². The van der Waals surface area contributed by atoms with Crippen LogP contribution in [0.15, 0.2) is 146 Å². The summed E-state index contributed by atoms with van der Waals surface area (Å²) in [4.78, 5) is 23.2. The number of phosphoric ester groups is 1. The molecule has 0 aliphatic carbocycles. The summed E-state index contributed by atoms with van der Waals surface area (Å²) in [6, 6.07) is -0.899. The molecule has 0 aliphatic heterocycles. The molecule has 0 aromatic heterocycles. The van der Waals surface area contributed by atoms with E-state index in [1.165, 1.54) is 25.7 Å². The second kappa shape index (κ2) is 47.4. The number of hydrogen-bond acceptors (Lipinski definition) is 5. The van der Waals surface area contributed by atoms with Gasteiger partial charge in [-0.1, -0.05) is 185 Å². The lowest BCUT2D eigenvalue weighted by Crippen LogP contribution is -2.45. The highest BCUT2D eigenvalue weighted by atomic mass is 31.2. The minimum atomic E-state index is -4.37. The highest BCUT2D eigenvalue weighted by molar-refractivity contribution is 7.47. The van der Waals surface area contributed by atoms with Crippen LogP contribution in [0.1, 0.15) is 162 Å². The third-order valence-corrected chi connectivity index (χ3v) is 11.3. The number of aliphatic hydroxyl groups is 1. The van der Waals surface area contributed by atoms with Crippen molar-refractivity contribution in [2.75, 3.05) is 40.9 Å². The van der Waals surface area contributed by atoms with Gasteiger partial charge in [0.25, 0.3) is 0 Å². The van der Waals surface area contributed by atoms with Crippen molar-refractivity contribution >= 4 is 13.7 Å². The fourth-order valence-corrected chi connectivity index (χ4v) is 6.97. The van der Waals surface area contributed by atoms with Gasteiger partial charge in [0.15, 0.2) is 0 Å². The molecule has 0 fully saturated rings. The number of nitrogens with one attached hydrogen (secondary N) is 1. The standard InChI is InChI=1S/C58H95N2O6P/c1-6-8-10-12-14-16-18-20-22-23-24-25-26-27-28-29-30-31-32-33-34-35-36-37-38-40-42-44-46-48-50-52-58(62)59-56(55-66-67(63,64)65-54-53-60(3,4)5)57(61)51-49-47-45-43-41-39-21-19-17-15-13-11-9-7-2/h8,10,14,16-17,19-20,22,24-25,27-28,30-31,33-34,36-37,40-43,49,51,56-57,61H,6-7,9,11-13,15,18,21,23,26,29,32,35,38-39,44-48,50,52-55H2,1-5H3,(H-,59,62,63,64)/p+1/b10-8-,16-14-,19-17+,22-20-,25-24-,28-27-,31-30-,34-33-,37-36-,42-40-,43-41+,51-49+. The number of phosphoric acid groups is 1. The molecule has 0 bridgehead atoms. The van der Waals surface area contributed by atoms with Crippen LogP contribution < -0.4 is 5.32 Å². The molecule has 1 amide bonds. The highest BCUT2D eigenvalue weighted by Crippen LogP contribution is 2.43. The lowest BCUT2D eigenvalue weighted by atomic mass is 10.1. The Hall–Kier alpha value is -3.62. The number of aliphatic hydroxyl groups excluding tert-OH is 1. The molecule has 0 heterocycles. The van der Waals surface area contributed by atoms with Crippen molar-refractivity contribution in [1.29, 1.82) is 0 Å². The van der Waals surface area contributed by atoms with Gasteiger partial charge in [-0.25, -0.2) is 4.57 Å². The third-order valence-electron chi connectivity index (χ3n) is 10.3. The maximum atomic E-state index is 12.9. The van der Waals surface area contributed by atoms with E-state index < -0.39 is 20.0 Å². The highest BCUT2D eigenvalue weighted by Gasteiger charge is 2.27. The summed E-state index contributed by atoms with van der Waals surface area (Å²) < 4.78 is 23.6. The topological polar surface area (TPSA) is 105 Å². The van der Waals surface area contributed by atoms with Crippen molar-refractivity contribution in [3.63, 3.8) is 0 Å². The number of nitrogens with zero attached hydrogens (tertiary/aromatic N) is 1. The van der Waals surface area contributed by atoms with Crippen molar-refractivity contribution in [2.45, 2.75) is 174 Å². The molecule has 0 aromatic rings. The molecular formula is C58H96N2O6P+. The zero-order valence-corrected chi connectivity index (χ0v) is 43.7. The molecule has 3 unspecified atom stereocenters. The number of rotatable bonds is 44. The average Bonchev–Trinajstić information content (AvgIpc) is 3.29. The third kappa shape index (κ3) is 50.1. The summed E-state index contributed by atoms with van der Waals surface area (Å²) in [6.45, 7) is 4.58. The van der Waals surface area contributed by atoms with E-state index in [0.29, 0.717) is 23.9 Å². The minimum Gasteiger partial charge on any atom is -0.387 e. The maximum absolute atomic E-state index is 12.9. The molecule has 0 radical (unpaired) electrons. The summed E-state index contributed by atoms with van der Waals surface area (Å²) in [5.41, 5.74) is 0. The Morgan fingerprint density at radius 1 is 0.522 bits per heavy atom. The van der Waals surface area contributed by atoms with Crippen LogP contribution in [0.25, 0.3) is 0 Å². The summed E-state index contributed by atoms with van der Waals surface area (Å²) in [5.74, 6) is -0.232. The van der Waals surface area contributed by atoms with Gasteiger partial charge in [0.2, 0.25) is 5.91 Å². The van der Waals surface area contributed by atoms with Gasteiger partial charge in [-0.3, -0.25) is 13.8 Å². The van der Waals surface area contributed by atoms with E-state index >= 15 is 0 Å². The number of amides is 1. The smallest absolute Gasteiger partial charge is 0.387 e. The zero-order chi connectivity index (χ0) is 49.2. The summed E-state index contributed by atoms with van der Waals surface area (Å²) in [7, 11) is 1.49. The summed E-state index contributed by atoms with van der Waals surface area (Å²) in [6.07, 6.45) is 73.7. The number of likely N-dealkylation sites (N-methyl/N-ethyl adjacent to an activating group) is 1. The quantitative estimate of drug-likeness (QED) is 0.0243. The Bertz CT molecular complexity index is 1590. The SMILES string of the molecule is CC/C=C\C/C=C\C/C=C\C/C=C\C/C=C\C/C=C\C/C=C\C/C=C\C/C=C\CCCCCC(=O)NC(COP(=O)(O)OCC[N+](C)(C)C)C(O)/C=C/CC/C=C/CC/C=C/CCCCCC. The van der Waals surface area contributed by atoms with Crippen molar-refractivity contribution in [3.8, 4) is 0 Å². The van der Waals surface area contributed by atoms with E-state index in [4.69, 9.17) is 9.05 Å². The van der Waals surface area contributed by atoms with E-state index in [0.717, 1.165) is 109 Å². The molecular weight excluding hydrogens is 852 g/mol. The second-order valence-electron chi connectivity index (χ2n) is 17.8. The largest absolute Gasteiger partial charge is 0.472 e. The Morgan fingerprint density at radius 3 is 1.34 bits per heavy atom. The van der Waals surface area contributed by atoms with E-state index in [1.54, 1.807) is 6.08 Å². The van der Waals surface area contributed by atoms with E-state index in [2.05, 4.69) is 153 Å². The lowest BCUT2D eigenvalue weighted by molar-refractivity contribution is -0.870. The second-order valence-corrected chi connectivity index (χ2v) is 19.2. The molecule has 378 valence electrons. The van der Waals surface area contributed by atoms with Crippen LogP contribution in [-0.4, -0.2) is 73.4 Å². The number of hydrogen-bond donors (Lipinski definition) is 3. The molecule has 0 rings (SSSR count). The first-order valence-corrected chi connectivity index (χ1v) is 27.2. The van der Waals surface area contributed by atoms with Gasteiger partial charge in [0.1, 0.15) is 13.2 Å². The fraction of sp³-hybridized carbons (Fsp3) is 0.569. The molecule has 0 saturated heterocycles. The monoisotopic (exact) mass is 948 g/mol. The molecule has 8 nitrogen and oxygen atoms in total. The molecule has 67 heavy (non-hydrogen) atoms. The van der Waals surface area contributed by atoms with E-state index in [1.807, 2.05) is 27.2 Å². The van der Waals surface area contributed by atoms with E-state index in [9.17, 15) is 19.4 Å². The number of quaternary nitrogens is 1. The van der Waals surface area contributed by atoms with Gasteiger partial charge < -0.3 is 19.8 Å². The molecule has 0 aromatic carbocycles. The summed E-state index contributed by atoms with van der Waals surface area (Å²) in [5, 5.41) is 13.8. The first-order valence-electron chi connectivity index (χ1n) is 25.7. The molecule has 9 heteroatoms. The van der Waals surface area contributed by atoms with Crippen LogP contribution in [0.3, 0.4) is 0 Å². The van der Waals surface area contributed by atoms with Gasteiger partial charge in [-0.15, -0.1) is 0 Å². The van der Waals surface area contributed by atoms with Crippen LogP contribution in [-0.2, 0) is 18.4 Å². The number of carbonyl (C=O) groups excluding carboxylic acids is 1. The Balaban J connectivity index is 4.41. The normalized spacial score (nSPS) is 15.3. The zero-order valence-electron chi connectivity index (χ0n) is 42.8. The van der Waals surface area contributed by atoms with Gasteiger partial charge in [0, 0.05) is 6.42 Å². The predicted molar refractivity (Wildman–Crippen MR) is 290 cm³/mol. The molecule has 0 aliphatic rings. The molecule has 0 saturated carbocycles. The molecule has 0 spiro atoms. The van der Waals surface area contributed by atoms with Gasteiger partial charge in [0.05, 0.1) is 39.9 Å². The number of unbranched alkanes of at least 4 members (excludes halogenated alkanes) is 9. The average molecular weight is 948 g/mol. The van der Waals surface area contributed by atoms with Crippen LogP contribution >= 0.6 is 7.82 Å². The van der Waals surface area contributed by atoms with Gasteiger partial charge in [-0.2, -0.15) is 0 Å². The maximum Gasteiger partial charge on any atom is 0.472 e. The van der Waals surface area contributed by atoms with Crippen LogP contribution in [0.2, 0.25) is 0 Å². The van der Waals surface area contributed by atoms with Crippen molar-refractivity contribution in [2.24, 2.45) is 0 Å². The Morgan fingerprint density at radius 2 is 0.910 bits per heavy atom. The number of carbonyl (C=O) groups is 1. The first-order chi connectivity index (χ1) is 32.5.